The van der Waals surface area contributed by atoms with Crippen molar-refractivity contribution in [3.05, 3.63) is 17.5 Å². The van der Waals surface area contributed by atoms with Gasteiger partial charge in [0.2, 0.25) is 0 Å². The second-order valence-electron chi connectivity index (χ2n) is 6.39. The number of hydrogen-bond donors (Lipinski definition) is 1. The molecule has 1 saturated heterocycles. The Morgan fingerprint density at radius 1 is 1.24 bits per heavy atom. The standard InChI is InChI=1S/C17H31N3O/c1-4-10-19-11-7-8-17(21,9-12-19)14-16-13-15(5-2)18-20(16)6-3/h13,21H,4-12,14H2,1-3H3. The van der Waals surface area contributed by atoms with E-state index in [2.05, 4.69) is 41.5 Å². The Balaban J connectivity index is 2.05. The summed E-state index contributed by atoms with van der Waals surface area (Å²) in [6.45, 7) is 10.7. The molecule has 0 saturated carbocycles. The van der Waals surface area contributed by atoms with E-state index in [1.54, 1.807) is 0 Å². The van der Waals surface area contributed by atoms with E-state index in [9.17, 15) is 5.11 Å². The molecule has 1 N–H and O–H groups in total. The molecule has 2 rings (SSSR count). The van der Waals surface area contributed by atoms with Crippen LogP contribution in [0, 0.1) is 0 Å². The van der Waals surface area contributed by atoms with Crippen LogP contribution in [0.1, 0.15) is 57.8 Å². The van der Waals surface area contributed by atoms with Gasteiger partial charge < -0.3 is 10.0 Å². The molecule has 0 radical (unpaired) electrons. The molecular weight excluding hydrogens is 262 g/mol. The van der Waals surface area contributed by atoms with Crippen LogP contribution in [0.3, 0.4) is 0 Å². The van der Waals surface area contributed by atoms with Crippen molar-refractivity contribution in [1.82, 2.24) is 14.7 Å². The number of rotatable bonds is 6. The van der Waals surface area contributed by atoms with Crippen LogP contribution in [0.4, 0.5) is 0 Å². The third-order valence-corrected chi connectivity index (χ3v) is 4.64. The van der Waals surface area contributed by atoms with E-state index in [0.717, 1.165) is 64.0 Å². The monoisotopic (exact) mass is 293 g/mol. The van der Waals surface area contributed by atoms with Gasteiger partial charge in [-0.15, -0.1) is 0 Å². The number of aromatic nitrogens is 2. The van der Waals surface area contributed by atoms with Gasteiger partial charge >= 0.3 is 0 Å². The SMILES string of the molecule is CCCN1CCCC(O)(Cc2cc(CC)nn2CC)CC1. The van der Waals surface area contributed by atoms with Gasteiger partial charge in [0.15, 0.2) is 0 Å². The molecule has 0 aromatic carbocycles. The maximum absolute atomic E-state index is 11.0. The zero-order valence-corrected chi connectivity index (χ0v) is 13.9. The molecule has 1 aromatic heterocycles. The largest absolute Gasteiger partial charge is 0.389 e. The molecule has 4 heteroatoms. The lowest BCUT2D eigenvalue weighted by Crippen LogP contribution is -2.34. The maximum Gasteiger partial charge on any atom is 0.0715 e. The number of aliphatic hydroxyl groups is 1. The number of aryl methyl sites for hydroxylation is 2. The van der Waals surface area contributed by atoms with E-state index < -0.39 is 5.60 Å². The van der Waals surface area contributed by atoms with Gasteiger partial charge in [-0.1, -0.05) is 13.8 Å². The van der Waals surface area contributed by atoms with Crippen molar-refractivity contribution in [3.63, 3.8) is 0 Å². The molecule has 1 aliphatic heterocycles. The Labute approximate surface area is 129 Å². The average Bonchev–Trinajstić information content (AvgIpc) is 2.77. The smallest absolute Gasteiger partial charge is 0.0715 e. The first-order valence-electron chi connectivity index (χ1n) is 8.60. The predicted octanol–water partition coefficient (Wildman–Crippen LogP) is 2.63. The highest BCUT2D eigenvalue weighted by Crippen LogP contribution is 2.27. The molecule has 1 unspecified atom stereocenters. The Morgan fingerprint density at radius 2 is 2.05 bits per heavy atom. The maximum atomic E-state index is 11.0. The van der Waals surface area contributed by atoms with Crippen LogP contribution in [0.5, 0.6) is 0 Å². The summed E-state index contributed by atoms with van der Waals surface area (Å²) >= 11 is 0. The summed E-state index contributed by atoms with van der Waals surface area (Å²) in [6, 6.07) is 2.18. The summed E-state index contributed by atoms with van der Waals surface area (Å²) in [5, 5.41) is 15.6. The summed E-state index contributed by atoms with van der Waals surface area (Å²) in [4.78, 5) is 2.49. The van der Waals surface area contributed by atoms with Gasteiger partial charge in [-0.25, -0.2) is 0 Å². The van der Waals surface area contributed by atoms with Crippen molar-refractivity contribution in [1.29, 1.82) is 0 Å². The second-order valence-corrected chi connectivity index (χ2v) is 6.39. The minimum atomic E-state index is -0.555. The lowest BCUT2D eigenvalue weighted by atomic mass is 9.89. The van der Waals surface area contributed by atoms with Crippen LogP contribution in [-0.2, 0) is 19.4 Å². The van der Waals surface area contributed by atoms with Crippen molar-refractivity contribution in [3.8, 4) is 0 Å². The first kappa shape index (κ1) is 16.5. The summed E-state index contributed by atoms with van der Waals surface area (Å²) in [5.74, 6) is 0. The van der Waals surface area contributed by atoms with E-state index in [-0.39, 0.29) is 0 Å². The van der Waals surface area contributed by atoms with Gasteiger partial charge in [-0.2, -0.15) is 5.10 Å². The molecule has 0 aliphatic carbocycles. The second kappa shape index (κ2) is 7.41. The number of hydrogen-bond acceptors (Lipinski definition) is 3. The van der Waals surface area contributed by atoms with E-state index in [4.69, 9.17) is 0 Å². The average molecular weight is 293 g/mol. The van der Waals surface area contributed by atoms with Crippen molar-refractivity contribution in [2.45, 2.75) is 71.4 Å². The predicted molar refractivity (Wildman–Crippen MR) is 86.5 cm³/mol. The molecule has 2 heterocycles. The number of nitrogens with zero attached hydrogens (tertiary/aromatic N) is 3. The van der Waals surface area contributed by atoms with Crippen LogP contribution in [0.25, 0.3) is 0 Å². The highest BCUT2D eigenvalue weighted by molar-refractivity contribution is 5.13. The molecule has 0 spiro atoms. The summed E-state index contributed by atoms with van der Waals surface area (Å²) in [7, 11) is 0. The van der Waals surface area contributed by atoms with E-state index in [0.29, 0.717) is 0 Å². The van der Waals surface area contributed by atoms with Crippen molar-refractivity contribution >= 4 is 0 Å². The van der Waals surface area contributed by atoms with E-state index in [1.165, 1.54) is 12.1 Å². The molecule has 21 heavy (non-hydrogen) atoms. The zero-order chi connectivity index (χ0) is 15.3. The third kappa shape index (κ3) is 4.30. The fourth-order valence-electron chi connectivity index (χ4n) is 3.39. The molecule has 1 atom stereocenters. The van der Waals surface area contributed by atoms with Gasteiger partial charge in [0.1, 0.15) is 0 Å². The minimum absolute atomic E-state index is 0.555. The van der Waals surface area contributed by atoms with Crippen LogP contribution in [-0.4, -0.2) is 45.0 Å². The summed E-state index contributed by atoms with van der Waals surface area (Å²) in [6.07, 6.45) is 5.78. The van der Waals surface area contributed by atoms with Gasteiger partial charge in [0, 0.05) is 25.2 Å². The van der Waals surface area contributed by atoms with Crippen molar-refractivity contribution < 1.29 is 5.11 Å². The first-order valence-corrected chi connectivity index (χ1v) is 8.60. The lowest BCUT2D eigenvalue weighted by Gasteiger charge is -2.27. The summed E-state index contributed by atoms with van der Waals surface area (Å²) < 4.78 is 2.06. The molecule has 0 amide bonds. The number of likely N-dealkylation sites (tertiary alicyclic amines) is 1. The molecule has 1 fully saturated rings. The van der Waals surface area contributed by atoms with Gasteiger partial charge in [0.25, 0.3) is 0 Å². The summed E-state index contributed by atoms with van der Waals surface area (Å²) in [5.41, 5.74) is 1.78. The Bertz CT molecular complexity index is 443. The fourth-order valence-corrected chi connectivity index (χ4v) is 3.39. The Morgan fingerprint density at radius 3 is 2.71 bits per heavy atom. The van der Waals surface area contributed by atoms with Crippen LogP contribution in [0.2, 0.25) is 0 Å². The molecule has 4 nitrogen and oxygen atoms in total. The highest BCUT2D eigenvalue weighted by atomic mass is 16.3. The first-order chi connectivity index (χ1) is 10.1. The lowest BCUT2D eigenvalue weighted by molar-refractivity contribution is 0.0238. The van der Waals surface area contributed by atoms with Crippen LogP contribution in [0.15, 0.2) is 6.07 Å². The van der Waals surface area contributed by atoms with Crippen molar-refractivity contribution in [2.75, 3.05) is 19.6 Å². The topological polar surface area (TPSA) is 41.3 Å². The zero-order valence-electron chi connectivity index (χ0n) is 13.9. The van der Waals surface area contributed by atoms with Crippen LogP contribution < -0.4 is 0 Å². The molecular formula is C17H31N3O. The van der Waals surface area contributed by atoms with E-state index >= 15 is 0 Å². The third-order valence-electron chi connectivity index (χ3n) is 4.64. The molecule has 120 valence electrons. The van der Waals surface area contributed by atoms with E-state index in [1.807, 2.05) is 0 Å². The Hall–Kier alpha value is -0.870. The van der Waals surface area contributed by atoms with Crippen LogP contribution >= 0.6 is 0 Å². The minimum Gasteiger partial charge on any atom is -0.389 e. The normalized spacial score (nSPS) is 24.2. The fraction of sp³-hybridized carbons (Fsp3) is 0.824. The van der Waals surface area contributed by atoms with Gasteiger partial charge in [0.05, 0.1) is 11.3 Å². The molecule has 0 bridgehead atoms. The van der Waals surface area contributed by atoms with Gasteiger partial charge in [-0.3, -0.25) is 4.68 Å². The van der Waals surface area contributed by atoms with Crippen molar-refractivity contribution in [2.24, 2.45) is 0 Å². The highest BCUT2D eigenvalue weighted by Gasteiger charge is 2.31. The quantitative estimate of drug-likeness (QED) is 0.876. The Kier molecular flexibility index (Phi) is 5.82. The van der Waals surface area contributed by atoms with Gasteiger partial charge in [-0.05, 0) is 58.2 Å². The molecule has 1 aliphatic rings. The molecule has 1 aromatic rings.